The Morgan fingerprint density at radius 3 is 2.20 bits per heavy atom. The highest BCUT2D eigenvalue weighted by Crippen LogP contribution is 2.23. The molecular formula is C18H27ClN2O4. The molecule has 0 saturated carbocycles. The van der Waals surface area contributed by atoms with E-state index in [2.05, 4.69) is 4.90 Å². The Morgan fingerprint density at radius 1 is 1.16 bits per heavy atom. The number of nitrogens with zero attached hydrogens (tertiary/aromatic N) is 2. The molecule has 7 heteroatoms. The molecule has 2 atom stereocenters. The molecule has 1 aromatic rings. The summed E-state index contributed by atoms with van der Waals surface area (Å²) in [6.07, 6.45) is -2.25. The summed E-state index contributed by atoms with van der Waals surface area (Å²) in [6.45, 7) is 8.21. The molecule has 2 unspecified atom stereocenters. The number of piperazine rings is 1. The van der Waals surface area contributed by atoms with Gasteiger partial charge in [-0.05, 0) is 38.5 Å². The van der Waals surface area contributed by atoms with Crippen LogP contribution in [0.1, 0.15) is 32.4 Å². The number of amides is 1. The maximum Gasteiger partial charge on any atom is 0.410 e. The average Bonchev–Trinajstić information content (AvgIpc) is 2.59. The number of hydrogen-bond donors (Lipinski definition) is 2. The SMILES string of the molecule is CC(C)(C)OC(=O)N1CCN(c2ccc(C(O)C(O)CCl)cc2)CC1. The van der Waals surface area contributed by atoms with Crippen LogP contribution in [0.4, 0.5) is 10.5 Å². The van der Waals surface area contributed by atoms with Crippen LogP contribution < -0.4 is 4.90 Å². The van der Waals surface area contributed by atoms with Gasteiger partial charge in [0.2, 0.25) is 0 Å². The number of anilines is 1. The molecule has 1 heterocycles. The molecule has 0 aliphatic carbocycles. The standard InChI is InChI=1S/C18H27ClN2O4/c1-18(2,3)25-17(24)21-10-8-20(9-11-21)14-6-4-13(5-7-14)16(23)15(22)12-19/h4-7,15-16,22-23H,8-12H2,1-3H3. The monoisotopic (exact) mass is 370 g/mol. The third kappa shape index (κ3) is 5.49. The third-order valence-electron chi connectivity index (χ3n) is 4.05. The topological polar surface area (TPSA) is 73.2 Å². The molecule has 0 spiro atoms. The highest BCUT2D eigenvalue weighted by atomic mass is 35.5. The first-order valence-electron chi connectivity index (χ1n) is 8.46. The van der Waals surface area contributed by atoms with Crippen molar-refractivity contribution in [3.05, 3.63) is 29.8 Å². The Labute approximate surface area is 153 Å². The highest BCUT2D eigenvalue weighted by Gasteiger charge is 2.26. The quantitative estimate of drug-likeness (QED) is 0.796. The van der Waals surface area contributed by atoms with E-state index >= 15 is 0 Å². The van der Waals surface area contributed by atoms with E-state index < -0.39 is 17.8 Å². The van der Waals surface area contributed by atoms with Gasteiger partial charge in [-0.1, -0.05) is 12.1 Å². The molecule has 2 rings (SSSR count). The molecule has 1 aliphatic heterocycles. The van der Waals surface area contributed by atoms with E-state index in [-0.39, 0.29) is 12.0 Å². The van der Waals surface area contributed by atoms with Crippen molar-refractivity contribution in [2.45, 2.75) is 38.6 Å². The minimum Gasteiger partial charge on any atom is -0.444 e. The molecule has 1 aliphatic rings. The largest absolute Gasteiger partial charge is 0.444 e. The van der Waals surface area contributed by atoms with Gasteiger partial charge in [-0.3, -0.25) is 0 Å². The molecule has 6 nitrogen and oxygen atoms in total. The molecule has 0 radical (unpaired) electrons. The lowest BCUT2D eigenvalue weighted by atomic mass is 10.0. The normalized spacial score (nSPS) is 18.0. The summed E-state index contributed by atoms with van der Waals surface area (Å²) in [5, 5.41) is 19.6. The molecule has 0 aromatic heterocycles. The van der Waals surface area contributed by atoms with Crippen molar-refractivity contribution in [2.75, 3.05) is 37.0 Å². The van der Waals surface area contributed by atoms with Crippen molar-refractivity contribution in [1.82, 2.24) is 4.90 Å². The summed E-state index contributed by atoms with van der Waals surface area (Å²) in [5.41, 5.74) is 1.16. The fourth-order valence-corrected chi connectivity index (χ4v) is 2.83. The summed E-state index contributed by atoms with van der Waals surface area (Å²) < 4.78 is 5.40. The Kier molecular flexibility index (Phi) is 6.54. The Morgan fingerprint density at radius 2 is 1.72 bits per heavy atom. The number of aliphatic hydroxyl groups excluding tert-OH is 2. The number of rotatable bonds is 4. The van der Waals surface area contributed by atoms with Crippen LogP contribution in [0.25, 0.3) is 0 Å². The maximum atomic E-state index is 12.1. The van der Waals surface area contributed by atoms with E-state index in [9.17, 15) is 15.0 Å². The van der Waals surface area contributed by atoms with Gasteiger partial charge in [0.25, 0.3) is 0 Å². The van der Waals surface area contributed by atoms with Gasteiger partial charge in [0.15, 0.2) is 0 Å². The predicted octanol–water partition coefficient (Wildman–Crippen LogP) is 2.38. The number of ether oxygens (including phenoxy) is 1. The molecule has 1 aromatic carbocycles. The van der Waals surface area contributed by atoms with Crippen molar-refractivity contribution in [3.8, 4) is 0 Å². The van der Waals surface area contributed by atoms with Gasteiger partial charge in [-0.15, -0.1) is 11.6 Å². The molecule has 1 saturated heterocycles. The third-order valence-corrected chi connectivity index (χ3v) is 4.37. The molecular weight excluding hydrogens is 344 g/mol. The molecule has 2 N–H and O–H groups in total. The van der Waals surface area contributed by atoms with Gasteiger partial charge in [0.05, 0.1) is 12.0 Å². The summed E-state index contributed by atoms with van der Waals surface area (Å²) in [4.78, 5) is 16.0. The van der Waals surface area contributed by atoms with Crippen LogP contribution in [0.2, 0.25) is 0 Å². The summed E-state index contributed by atoms with van der Waals surface area (Å²) in [7, 11) is 0. The smallest absolute Gasteiger partial charge is 0.410 e. The predicted molar refractivity (Wildman–Crippen MR) is 98.1 cm³/mol. The van der Waals surface area contributed by atoms with E-state index in [0.29, 0.717) is 31.7 Å². The van der Waals surface area contributed by atoms with Crippen LogP contribution in [0, 0.1) is 0 Å². The summed E-state index contributed by atoms with van der Waals surface area (Å²) >= 11 is 5.57. The van der Waals surface area contributed by atoms with Crippen molar-refractivity contribution in [2.24, 2.45) is 0 Å². The van der Waals surface area contributed by atoms with Crippen molar-refractivity contribution in [1.29, 1.82) is 0 Å². The first-order chi connectivity index (χ1) is 11.7. The number of halogens is 1. The van der Waals surface area contributed by atoms with Gasteiger partial charge < -0.3 is 24.7 Å². The van der Waals surface area contributed by atoms with Crippen LogP contribution in [-0.4, -0.2) is 65.0 Å². The van der Waals surface area contributed by atoms with E-state index in [1.807, 2.05) is 32.9 Å². The average molecular weight is 371 g/mol. The van der Waals surface area contributed by atoms with Gasteiger partial charge in [-0.25, -0.2) is 4.79 Å². The number of alkyl halides is 1. The van der Waals surface area contributed by atoms with Gasteiger partial charge in [-0.2, -0.15) is 0 Å². The number of benzene rings is 1. The zero-order valence-corrected chi connectivity index (χ0v) is 15.7. The van der Waals surface area contributed by atoms with E-state index in [1.54, 1.807) is 17.0 Å². The minimum atomic E-state index is -0.990. The molecule has 1 fully saturated rings. The fraction of sp³-hybridized carbons (Fsp3) is 0.611. The first-order valence-corrected chi connectivity index (χ1v) is 8.99. The number of aliphatic hydroxyl groups is 2. The van der Waals surface area contributed by atoms with Crippen molar-refractivity contribution in [3.63, 3.8) is 0 Å². The van der Waals surface area contributed by atoms with E-state index in [1.165, 1.54) is 0 Å². The molecule has 25 heavy (non-hydrogen) atoms. The number of carbonyl (C=O) groups excluding carboxylic acids is 1. The molecule has 140 valence electrons. The second-order valence-corrected chi connectivity index (χ2v) is 7.52. The van der Waals surface area contributed by atoms with Gasteiger partial charge >= 0.3 is 6.09 Å². The van der Waals surface area contributed by atoms with E-state index in [4.69, 9.17) is 16.3 Å². The second-order valence-electron chi connectivity index (χ2n) is 7.21. The van der Waals surface area contributed by atoms with Crippen LogP contribution in [-0.2, 0) is 4.74 Å². The fourth-order valence-electron chi connectivity index (χ4n) is 2.66. The minimum absolute atomic E-state index is 0.0183. The van der Waals surface area contributed by atoms with Crippen LogP contribution in [0.5, 0.6) is 0 Å². The Hall–Kier alpha value is -1.50. The van der Waals surface area contributed by atoms with Crippen LogP contribution in [0.15, 0.2) is 24.3 Å². The van der Waals surface area contributed by atoms with Crippen molar-refractivity contribution >= 4 is 23.4 Å². The number of carbonyl (C=O) groups is 1. The Bertz CT molecular complexity index is 565. The number of hydrogen-bond acceptors (Lipinski definition) is 5. The maximum absolute atomic E-state index is 12.1. The lowest BCUT2D eigenvalue weighted by Gasteiger charge is -2.36. The first kappa shape index (κ1) is 19.8. The van der Waals surface area contributed by atoms with Crippen LogP contribution >= 0.6 is 11.6 Å². The second kappa shape index (κ2) is 8.25. The Balaban J connectivity index is 1.91. The lowest BCUT2D eigenvalue weighted by Crippen LogP contribution is -2.50. The van der Waals surface area contributed by atoms with Gasteiger partial charge in [0, 0.05) is 31.9 Å². The zero-order chi connectivity index (χ0) is 18.6. The summed E-state index contributed by atoms with van der Waals surface area (Å²) in [5.74, 6) is -0.0183. The van der Waals surface area contributed by atoms with Crippen molar-refractivity contribution < 1.29 is 19.7 Å². The summed E-state index contributed by atoms with van der Waals surface area (Å²) in [6, 6.07) is 7.39. The van der Waals surface area contributed by atoms with E-state index in [0.717, 1.165) is 5.69 Å². The molecule has 1 amide bonds. The molecule has 0 bridgehead atoms. The lowest BCUT2D eigenvalue weighted by molar-refractivity contribution is 0.0240. The van der Waals surface area contributed by atoms with Crippen LogP contribution in [0.3, 0.4) is 0 Å². The zero-order valence-electron chi connectivity index (χ0n) is 15.0. The van der Waals surface area contributed by atoms with Gasteiger partial charge in [0.1, 0.15) is 11.7 Å². The highest BCUT2D eigenvalue weighted by molar-refractivity contribution is 6.18.